The van der Waals surface area contributed by atoms with Gasteiger partial charge >= 0.3 is 5.97 Å². The zero-order chi connectivity index (χ0) is 16.1. The Balaban J connectivity index is 0.00000208. The summed E-state index contributed by atoms with van der Waals surface area (Å²) in [4.78, 5) is 14.9. The third kappa shape index (κ3) is 4.26. The first kappa shape index (κ1) is 17.8. The van der Waals surface area contributed by atoms with E-state index in [2.05, 4.69) is 15.5 Å². The summed E-state index contributed by atoms with van der Waals surface area (Å²) in [6, 6.07) is 12.7. The van der Waals surface area contributed by atoms with E-state index in [1.807, 2.05) is 24.7 Å². The summed E-state index contributed by atoms with van der Waals surface area (Å²) in [5.41, 5.74) is 2.62. The summed E-state index contributed by atoms with van der Waals surface area (Å²) in [6.45, 7) is 0.617. The fourth-order valence-electron chi connectivity index (χ4n) is 2.50. The van der Waals surface area contributed by atoms with Crippen LogP contribution in [0.25, 0.3) is 5.52 Å². The molecular weight excluding hydrogens is 328 g/mol. The number of ether oxygens (including phenoxy) is 1. The number of unbranched alkanes of at least 4 members (excludes halogenated alkanes) is 1. The van der Waals surface area contributed by atoms with E-state index in [1.54, 1.807) is 24.3 Å². The molecule has 24 heavy (non-hydrogen) atoms. The summed E-state index contributed by atoms with van der Waals surface area (Å²) in [7, 11) is 0. The number of pyridine rings is 1. The Bertz CT molecular complexity index is 799. The van der Waals surface area contributed by atoms with Gasteiger partial charge in [0.05, 0.1) is 30.2 Å². The van der Waals surface area contributed by atoms with Crippen molar-refractivity contribution < 1.29 is 14.6 Å². The molecule has 0 unspecified atom stereocenters. The summed E-state index contributed by atoms with van der Waals surface area (Å²) in [6.07, 6.45) is 6.61. The zero-order valence-electron chi connectivity index (χ0n) is 13.1. The summed E-state index contributed by atoms with van der Waals surface area (Å²) in [5.74, 6) is -0.225. The van der Waals surface area contributed by atoms with Gasteiger partial charge in [0.2, 0.25) is 0 Å². The normalized spacial score (nSPS) is 10.3. The fraction of sp³-hybridized carbons (Fsp3) is 0.222. The number of imidazole rings is 1. The van der Waals surface area contributed by atoms with Crippen molar-refractivity contribution in [3.8, 4) is 5.75 Å². The molecule has 0 atom stereocenters. The molecular formula is C18H19ClN2O3. The molecule has 126 valence electrons. The van der Waals surface area contributed by atoms with Gasteiger partial charge in [0.25, 0.3) is 0 Å². The van der Waals surface area contributed by atoms with Crippen molar-refractivity contribution in [2.45, 2.75) is 19.3 Å². The molecule has 0 saturated carbocycles. The molecule has 0 saturated heterocycles. The molecule has 5 nitrogen and oxygen atoms in total. The van der Waals surface area contributed by atoms with Crippen LogP contribution in [0.5, 0.6) is 5.75 Å². The van der Waals surface area contributed by atoms with E-state index in [-0.39, 0.29) is 18.0 Å². The van der Waals surface area contributed by atoms with Crippen LogP contribution in [-0.4, -0.2) is 27.1 Å². The zero-order valence-corrected chi connectivity index (χ0v) is 13.9. The average Bonchev–Trinajstić information content (AvgIpc) is 3.04. The Kier molecular flexibility index (Phi) is 6.21. The Hall–Kier alpha value is -2.53. The van der Waals surface area contributed by atoms with Crippen LogP contribution in [0.4, 0.5) is 0 Å². The smallest absolute Gasteiger partial charge is 0.335 e. The number of rotatable bonds is 7. The van der Waals surface area contributed by atoms with Gasteiger partial charge in [-0.05, 0) is 55.7 Å². The van der Waals surface area contributed by atoms with E-state index in [9.17, 15) is 4.79 Å². The summed E-state index contributed by atoms with van der Waals surface area (Å²) in [5, 5.41) is 8.84. The second-order valence-corrected chi connectivity index (χ2v) is 5.34. The highest BCUT2D eigenvalue weighted by Crippen LogP contribution is 2.14. The van der Waals surface area contributed by atoms with Crippen molar-refractivity contribution in [3.05, 3.63) is 66.2 Å². The molecule has 2 aromatic heterocycles. The molecule has 1 N–H and O–H groups in total. The van der Waals surface area contributed by atoms with Gasteiger partial charge < -0.3 is 14.2 Å². The molecule has 0 aliphatic rings. The minimum absolute atomic E-state index is 0. The molecule has 0 radical (unpaired) electrons. The lowest BCUT2D eigenvalue weighted by molar-refractivity contribution is 0.0697. The molecule has 0 aliphatic heterocycles. The molecule has 0 bridgehead atoms. The van der Waals surface area contributed by atoms with Crippen LogP contribution in [0.1, 0.15) is 28.9 Å². The molecule has 2 heterocycles. The molecule has 1 aromatic carbocycles. The summed E-state index contributed by atoms with van der Waals surface area (Å²) >= 11 is 0. The first-order chi connectivity index (χ1) is 11.2. The van der Waals surface area contributed by atoms with E-state index in [4.69, 9.17) is 9.84 Å². The van der Waals surface area contributed by atoms with Crippen LogP contribution >= 0.6 is 12.4 Å². The average molecular weight is 347 g/mol. The van der Waals surface area contributed by atoms with Crippen LogP contribution in [0, 0.1) is 0 Å². The predicted octanol–water partition coefficient (Wildman–Crippen LogP) is 3.86. The predicted molar refractivity (Wildman–Crippen MR) is 94.3 cm³/mol. The van der Waals surface area contributed by atoms with Crippen molar-refractivity contribution in [3.63, 3.8) is 0 Å². The first-order valence-corrected chi connectivity index (χ1v) is 7.60. The minimum Gasteiger partial charge on any atom is -0.494 e. The standard InChI is InChI=1S/C18H18N2O3.ClH/c21-18(22)14-7-9-17(10-8-14)23-11-2-1-4-15-5-3-6-16-12-19-13-20(15)16;/h3,5-10,12-13H,1-2,4,11H2,(H,21,22);1H. The second-order valence-electron chi connectivity index (χ2n) is 5.34. The number of fused-ring (bicyclic) bond motifs is 1. The molecule has 0 fully saturated rings. The summed E-state index contributed by atoms with van der Waals surface area (Å²) < 4.78 is 7.74. The lowest BCUT2D eigenvalue weighted by atomic mass is 10.2. The number of carbonyl (C=O) groups is 1. The maximum Gasteiger partial charge on any atom is 0.335 e. The number of hydrogen-bond donors (Lipinski definition) is 1. The van der Waals surface area contributed by atoms with Gasteiger partial charge in [-0.3, -0.25) is 0 Å². The maximum absolute atomic E-state index is 10.8. The van der Waals surface area contributed by atoms with Crippen LogP contribution < -0.4 is 4.74 Å². The van der Waals surface area contributed by atoms with E-state index >= 15 is 0 Å². The Labute approximate surface area is 146 Å². The maximum atomic E-state index is 10.8. The van der Waals surface area contributed by atoms with Gasteiger partial charge in [0, 0.05) is 5.69 Å². The topological polar surface area (TPSA) is 63.8 Å². The molecule has 3 rings (SSSR count). The second kappa shape index (κ2) is 8.36. The SMILES string of the molecule is Cl.O=C(O)c1ccc(OCCCCc2cccc3cncn23)cc1. The van der Waals surface area contributed by atoms with Gasteiger partial charge in [-0.2, -0.15) is 0 Å². The highest BCUT2D eigenvalue weighted by Gasteiger charge is 2.03. The van der Waals surface area contributed by atoms with Gasteiger partial charge in [-0.25, -0.2) is 9.78 Å². The Morgan fingerprint density at radius 3 is 2.67 bits per heavy atom. The van der Waals surface area contributed by atoms with Gasteiger partial charge in [-0.15, -0.1) is 12.4 Å². The van der Waals surface area contributed by atoms with Crippen molar-refractivity contribution in [2.75, 3.05) is 6.61 Å². The number of benzene rings is 1. The minimum atomic E-state index is -0.926. The molecule has 0 aliphatic carbocycles. The third-order valence-corrected chi connectivity index (χ3v) is 3.73. The van der Waals surface area contributed by atoms with Crippen LogP contribution in [-0.2, 0) is 6.42 Å². The number of hydrogen-bond acceptors (Lipinski definition) is 3. The van der Waals surface area contributed by atoms with E-state index < -0.39 is 5.97 Å². The van der Waals surface area contributed by atoms with Crippen molar-refractivity contribution in [1.82, 2.24) is 9.38 Å². The Morgan fingerprint density at radius 1 is 1.12 bits per heavy atom. The number of carboxylic acids is 1. The molecule has 6 heteroatoms. The van der Waals surface area contributed by atoms with Crippen LogP contribution in [0.15, 0.2) is 55.0 Å². The number of aryl methyl sites for hydroxylation is 1. The highest BCUT2D eigenvalue weighted by atomic mass is 35.5. The number of aromatic nitrogens is 2. The lowest BCUT2D eigenvalue weighted by Crippen LogP contribution is -2.01. The largest absolute Gasteiger partial charge is 0.494 e. The van der Waals surface area contributed by atoms with Crippen molar-refractivity contribution in [2.24, 2.45) is 0 Å². The number of halogens is 1. The first-order valence-electron chi connectivity index (χ1n) is 7.60. The fourth-order valence-corrected chi connectivity index (χ4v) is 2.50. The number of carboxylic acid groups (broad SMARTS) is 1. The highest BCUT2D eigenvalue weighted by molar-refractivity contribution is 5.87. The molecule has 0 amide bonds. The molecule has 3 aromatic rings. The van der Waals surface area contributed by atoms with Gasteiger partial charge in [-0.1, -0.05) is 6.07 Å². The van der Waals surface area contributed by atoms with E-state index in [1.165, 1.54) is 5.69 Å². The van der Waals surface area contributed by atoms with E-state index in [0.717, 1.165) is 24.8 Å². The van der Waals surface area contributed by atoms with Crippen molar-refractivity contribution >= 4 is 23.9 Å². The Morgan fingerprint density at radius 2 is 1.92 bits per heavy atom. The quantitative estimate of drug-likeness (QED) is 0.660. The van der Waals surface area contributed by atoms with Gasteiger partial charge in [0.1, 0.15) is 5.75 Å². The monoisotopic (exact) mass is 346 g/mol. The number of nitrogens with zero attached hydrogens (tertiary/aromatic N) is 2. The molecule has 0 spiro atoms. The lowest BCUT2D eigenvalue weighted by Gasteiger charge is -2.07. The van der Waals surface area contributed by atoms with Crippen LogP contribution in [0.2, 0.25) is 0 Å². The number of aromatic carboxylic acids is 1. The van der Waals surface area contributed by atoms with Crippen LogP contribution in [0.3, 0.4) is 0 Å². The third-order valence-electron chi connectivity index (χ3n) is 3.73. The van der Waals surface area contributed by atoms with Gasteiger partial charge in [0.15, 0.2) is 0 Å². The van der Waals surface area contributed by atoms with Crippen molar-refractivity contribution in [1.29, 1.82) is 0 Å². The van der Waals surface area contributed by atoms with E-state index in [0.29, 0.717) is 12.4 Å².